The molecule has 0 saturated heterocycles. The number of rotatable bonds is 6. The van der Waals surface area contributed by atoms with E-state index in [2.05, 4.69) is 13.5 Å². The highest BCUT2D eigenvalue weighted by Gasteiger charge is 2.57. The van der Waals surface area contributed by atoms with Crippen molar-refractivity contribution in [3.8, 4) is 0 Å². The van der Waals surface area contributed by atoms with Gasteiger partial charge < -0.3 is 10.2 Å². The first-order chi connectivity index (χ1) is 11.1. The Morgan fingerprint density at radius 3 is 2.54 bits per heavy atom. The molecule has 2 saturated carbocycles. The van der Waals surface area contributed by atoms with E-state index >= 15 is 0 Å². The molecule has 2 fully saturated rings. The zero-order chi connectivity index (χ0) is 18.1. The van der Waals surface area contributed by atoms with Crippen molar-refractivity contribution in [1.29, 1.82) is 0 Å². The van der Waals surface area contributed by atoms with E-state index in [1.807, 2.05) is 13.8 Å². The Hall–Kier alpha value is -1.32. The molecule has 24 heavy (non-hydrogen) atoms. The molecule has 0 aliphatic heterocycles. The van der Waals surface area contributed by atoms with E-state index in [-0.39, 0.29) is 23.7 Å². The van der Waals surface area contributed by atoms with Crippen LogP contribution in [0.4, 0.5) is 0 Å². The maximum Gasteiger partial charge on any atom is 0.309 e. The topological polar surface area (TPSA) is 74.6 Å². The molecule has 0 bridgehead atoms. The van der Waals surface area contributed by atoms with Crippen LogP contribution in [0.1, 0.15) is 72.1 Å². The number of aliphatic carboxylic acids is 2. The molecule has 5 atom stereocenters. The Morgan fingerprint density at radius 2 is 1.96 bits per heavy atom. The molecule has 4 nitrogen and oxygen atoms in total. The predicted octanol–water partition coefficient (Wildman–Crippen LogP) is 4.74. The van der Waals surface area contributed by atoms with E-state index in [1.165, 1.54) is 5.57 Å². The molecular formula is C20H32O4. The molecule has 0 amide bonds. The van der Waals surface area contributed by atoms with Gasteiger partial charge in [-0.1, -0.05) is 32.4 Å². The molecule has 0 aromatic carbocycles. The Kier molecular flexibility index (Phi) is 5.46. The maximum atomic E-state index is 12.0. The minimum absolute atomic E-state index is 0.0241. The zero-order valence-corrected chi connectivity index (χ0v) is 15.3. The molecule has 0 spiro atoms. The summed E-state index contributed by atoms with van der Waals surface area (Å²) in [4.78, 5) is 22.9. The zero-order valence-electron chi connectivity index (χ0n) is 15.3. The van der Waals surface area contributed by atoms with Gasteiger partial charge >= 0.3 is 11.9 Å². The largest absolute Gasteiger partial charge is 0.481 e. The van der Waals surface area contributed by atoms with Crippen LogP contribution in [-0.4, -0.2) is 22.2 Å². The van der Waals surface area contributed by atoms with Crippen LogP contribution in [-0.2, 0) is 9.59 Å². The van der Waals surface area contributed by atoms with E-state index in [0.29, 0.717) is 5.92 Å². The summed E-state index contributed by atoms with van der Waals surface area (Å²) >= 11 is 0. The molecule has 0 radical (unpaired) electrons. The highest BCUT2D eigenvalue weighted by atomic mass is 16.4. The average molecular weight is 336 g/mol. The number of fused-ring (bicyclic) bond motifs is 1. The van der Waals surface area contributed by atoms with Gasteiger partial charge in [-0.05, 0) is 68.6 Å². The minimum Gasteiger partial charge on any atom is -0.481 e. The molecule has 0 aromatic heterocycles. The van der Waals surface area contributed by atoms with E-state index < -0.39 is 17.4 Å². The van der Waals surface area contributed by atoms with Gasteiger partial charge in [0, 0.05) is 6.42 Å². The minimum atomic E-state index is -0.745. The van der Waals surface area contributed by atoms with Crippen molar-refractivity contribution in [2.24, 2.45) is 28.6 Å². The number of allylic oxidation sites excluding steroid dienone is 1. The first-order valence-corrected chi connectivity index (χ1v) is 9.24. The summed E-state index contributed by atoms with van der Waals surface area (Å²) in [5.41, 5.74) is 0.577. The van der Waals surface area contributed by atoms with Crippen LogP contribution in [0.5, 0.6) is 0 Å². The van der Waals surface area contributed by atoms with E-state index in [9.17, 15) is 14.7 Å². The molecule has 2 rings (SSSR count). The second kappa shape index (κ2) is 6.89. The smallest absolute Gasteiger partial charge is 0.309 e. The molecule has 2 N–H and O–H groups in total. The first kappa shape index (κ1) is 19.0. The van der Waals surface area contributed by atoms with Gasteiger partial charge in [-0.15, -0.1) is 0 Å². The van der Waals surface area contributed by atoms with Gasteiger partial charge in [0.15, 0.2) is 0 Å². The van der Waals surface area contributed by atoms with Gasteiger partial charge in [0.1, 0.15) is 0 Å². The number of hydrogen-bond acceptors (Lipinski definition) is 2. The van der Waals surface area contributed by atoms with Gasteiger partial charge in [0.05, 0.1) is 5.41 Å². The Balaban J connectivity index is 2.19. The van der Waals surface area contributed by atoms with Crippen LogP contribution in [0.2, 0.25) is 0 Å². The molecule has 0 unspecified atom stereocenters. The van der Waals surface area contributed by atoms with Crippen LogP contribution < -0.4 is 0 Å². The van der Waals surface area contributed by atoms with Gasteiger partial charge in [0.25, 0.3) is 0 Å². The molecular weight excluding hydrogens is 304 g/mol. The molecule has 4 heteroatoms. The number of carboxylic acids is 2. The lowest BCUT2D eigenvalue weighted by molar-refractivity contribution is -0.164. The lowest BCUT2D eigenvalue weighted by Crippen LogP contribution is -2.53. The summed E-state index contributed by atoms with van der Waals surface area (Å²) in [5, 5.41) is 18.8. The summed E-state index contributed by atoms with van der Waals surface area (Å²) in [6, 6.07) is 0. The average Bonchev–Trinajstić information content (AvgIpc) is 2.45. The quantitative estimate of drug-likeness (QED) is 0.687. The van der Waals surface area contributed by atoms with Gasteiger partial charge in [-0.25, -0.2) is 0 Å². The van der Waals surface area contributed by atoms with Crippen molar-refractivity contribution < 1.29 is 19.8 Å². The lowest BCUT2D eigenvalue weighted by atomic mass is 9.46. The summed E-state index contributed by atoms with van der Waals surface area (Å²) in [6.45, 7) is 10.5. The molecule has 136 valence electrons. The Morgan fingerprint density at radius 1 is 1.29 bits per heavy atom. The van der Waals surface area contributed by atoms with Gasteiger partial charge in [-0.3, -0.25) is 9.59 Å². The van der Waals surface area contributed by atoms with Crippen LogP contribution in [0.15, 0.2) is 12.2 Å². The lowest BCUT2D eigenvalue weighted by Gasteiger charge is -2.57. The SMILES string of the molecule is C=C1CC[C@H]2[C@](C)(CCC[C@@]2(C)C(=O)O)[C@@H]1CC[C@@H](C)CC(=O)O. The summed E-state index contributed by atoms with van der Waals surface area (Å²) < 4.78 is 0. The predicted molar refractivity (Wildman–Crippen MR) is 93.7 cm³/mol. The third kappa shape index (κ3) is 3.38. The van der Waals surface area contributed by atoms with Gasteiger partial charge in [-0.2, -0.15) is 0 Å². The Bertz CT molecular complexity index is 526. The van der Waals surface area contributed by atoms with Gasteiger partial charge in [0.2, 0.25) is 0 Å². The van der Waals surface area contributed by atoms with Crippen LogP contribution in [0.3, 0.4) is 0 Å². The first-order valence-electron chi connectivity index (χ1n) is 9.24. The van der Waals surface area contributed by atoms with Crippen molar-refractivity contribution in [3.05, 3.63) is 12.2 Å². The maximum absolute atomic E-state index is 12.0. The van der Waals surface area contributed by atoms with Crippen LogP contribution in [0, 0.1) is 28.6 Å². The van der Waals surface area contributed by atoms with Crippen LogP contribution in [0.25, 0.3) is 0 Å². The van der Waals surface area contributed by atoms with E-state index in [0.717, 1.165) is 44.9 Å². The van der Waals surface area contributed by atoms with E-state index in [4.69, 9.17) is 5.11 Å². The Labute approximate surface area is 145 Å². The van der Waals surface area contributed by atoms with Crippen molar-refractivity contribution in [3.63, 3.8) is 0 Å². The highest BCUT2D eigenvalue weighted by Crippen LogP contribution is 2.62. The standard InChI is InChI=1S/C20H32O4/c1-13(12-17(21)22)6-8-15-14(2)7-9-16-19(15,3)10-5-11-20(16,4)18(23)24/h13,15-16H,2,5-12H2,1,3-4H3,(H,21,22)(H,23,24)/t13-,15-,16+,19-,20-/m1/s1. The van der Waals surface area contributed by atoms with Crippen molar-refractivity contribution in [1.82, 2.24) is 0 Å². The second-order valence-corrected chi connectivity index (χ2v) is 8.66. The molecule has 2 aliphatic rings. The fraction of sp³-hybridized carbons (Fsp3) is 0.800. The van der Waals surface area contributed by atoms with E-state index in [1.54, 1.807) is 0 Å². The number of carboxylic acid groups (broad SMARTS) is 2. The normalized spacial score (nSPS) is 37.5. The van der Waals surface area contributed by atoms with Crippen molar-refractivity contribution in [2.45, 2.75) is 72.1 Å². The number of hydrogen-bond donors (Lipinski definition) is 2. The summed E-state index contributed by atoms with van der Waals surface area (Å²) in [5.74, 6) is -0.768. The molecule has 0 heterocycles. The van der Waals surface area contributed by atoms with Crippen molar-refractivity contribution in [2.75, 3.05) is 0 Å². The van der Waals surface area contributed by atoms with Crippen LogP contribution >= 0.6 is 0 Å². The summed E-state index contributed by atoms with van der Waals surface area (Å²) in [6.07, 6.45) is 6.57. The van der Waals surface area contributed by atoms with Crippen molar-refractivity contribution >= 4 is 11.9 Å². The highest BCUT2D eigenvalue weighted by molar-refractivity contribution is 5.75. The number of carbonyl (C=O) groups is 2. The fourth-order valence-corrected chi connectivity index (χ4v) is 5.59. The monoisotopic (exact) mass is 336 g/mol. The summed E-state index contributed by atoms with van der Waals surface area (Å²) in [7, 11) is 0. The molecule has 2 aliphatic carbocycles. The molecule has 0 aromatic rings. The third-order valence-corrected chi connectivity index (χ3v) is 6.98. The fourth-order valence-electron chi connectivity index (χ4n) is 5.59. The third-order valence-electron chi connectivity index (χ3n) is 6.98. The second-order valence-electron chi connectivity index (χ2n) is 8.66.